The van der Waals surface area contributed by atoms with Crippen molar-refractivity contribution in [2.45, 2.75) is 64.6 Å². The molecule has 41 heavy (non-hydrogen) atoms. The molecule has 3 aromatic carbocycles. The Balaban J connectivity index is 2.07. The molecule has 0 heterocycles. The number of carbonyl (C=O) groups excluding carboxylic acids is 2. The van der Waals surface area contributed by atoms with Gasteiger partial charge in [-0.05, 0) is 76.1 Å². The normalized spacial score (nSPS) is 12.7. The van der Waals surface area contributed by atoms with E-state index in [9.17, 15) is 18.0 Å². The number of anilines is 1. The topological polar surface area (TPSA) is 96.0 Å². The van der Waals surface area contributed by atoms with Crippen molar-refractivity contribution < 1.29 is 22.7 Å². The van der Waals surface area contributed by atoms with Crippen LogP contribution >= 0.6 is 15.9 Å². The summed E-state index contributed by atoms with van der Waals surface area (Å²) < 4.78 is 35.8. The van der Waals surface area contributed by atoms with E-state index in [2.05, 4.69) is 21.2 Å². The fraction of sp³-hybridized carbons (Fsp3) is 0.355. The van der Waals surface area contributed by atoms with E-state index in [4.69, 9.17) is 4.74 Å². The molecule has 1 N–H and O–H groups in total. The zero-order valence-electron chi connectivity index (χ0n) is 24.1. The highest BCUT2D eigenvalue weighted by Gasteiger charge is 2.34. The molecule has 0 saturated heterocycles. The lowest BCUT2D eigenvalue weighted by atomic mass is 10.1. The SMILES string of the molecule is CCOc1ccccc1N(CC(=O)N(Cc1ccc(Br)cc1)C(C)C(=O)NC(C)CC)S(=O)(=O)c1ccc(C)cc1. The van der Waals surface area contributed by atoms with Crippen LogP contribution in [0.15, 0.2) is 82.2 Å². The number of carbonyl (C=O) groups is 2. The van der Waals surface area contributed by atoms with Crippen LogP contribution in [0.3, 0.4) is 0 Å². The fourth-order valence-corrected chi connectivity index (χ4v) is 5.82. The highest BCUT2D eigenvalue weighted by Crippen LogP contribution is 2.33. The molecule has 10 heteroatoms. The molecule has 0 aliphatic rings. The van der Waals surface area contributed by atoms with Crippen LogP contribution in [0.1, 0.15) is 45.2 Å². The van der Waals surface area contributed by atoms with Gasteiger partial charge in [0, 0.05) is 17.1 Å². The zero-order chi connectivity index (χ0) is 30.2. The van der Waals surface area contributed by atoms with E-state index in [1.807, 2.05) is 45.0 Å². The average Bonchev–Trinajstić information content (AvgIpc) is 2.95. The van der Waals surface area contributed by atoms with Gasteiger partial charge in [-0.3, -0.25) is 13.9 Å². The van der Waals surface area contributed by atoms with E-state index < -0.39 is 28.5 Å². The second kappa shape index (κ2) is 14.5. The highest BCUT2D eigenvalue weighted by molar-refractivity contribution is 9.10. The predicted molar refractivity (Wildman–Crippen MR) is 165 cm³/mol. The third-order valence-electron chi connectivity index (χ3n) is 6.76. The number of para-hydroxylation sites is 2. The molecule has 3 aromatic rings. The van der Waals surface area contributed by atoms with Crippen molar-refractivity contribution in [3.8, 4) is 5.75 Å². The van der Waals surface area contributed by atoms with Gasteiger partial charge >= 0.3 is 0 Å². The molecule has 220 valence electrons. The van der Waals surface area contributed by atoms with Gasteiger partial charge in [-0.25, -0.2) is 8.42 Å². The quantitative estimate of drug-likeness (QED) is 0.258. The Morgan fingerprint density at radius 1 is 0.951 bits per heavy atom. The van der Waals surface area contributed by atoms with Crippen LogP contribution in [0, 0.1) is 6.92 Å². The number of ether oxygens (including phenoxy) is 1. The maximum atomic E-state index is 14.1. The van der Waals surface area contributed by atoms with E-state index in [1.165, 1.54) is 17.0 Å². The van der Waals surface area contributed by atoms with Crippen molar-refractivity contribution in [1.29, 1.82) is 0 Å². The van der Waals surface area contributed by atoms with Gasteiger partial charge in [0.1, 0.15) is 18.3 Å². The molecule has 2 unspecified atom stereocenters. The zero-order valence-corrected chi connectivity index (χ0v) is 26.5. The van der Waals surface area contributed by atoms with Crippen molar-refractivity contribution in [2.75, 3.05) is 17.5 Å². The minimum absolute atomic E-state index is 0.0456. The number of sulfonamides is 1. The largest absolute Gasteiger partial charge is 0.492 e. The number of amides is 2. The molecule has 0 bridgehead atoms. The summed E-state index contributed by atoms with van der Waals surface area (Å²) in [6, 6.07) is 19.7. The summed E-state index contributed by atoms with van der Waals surface area (Å²) in [5.74, 6) is -0.505. The number of aryl methyl sites for hydroxylation is 1. The molecule has 0 aliphatic carbocycles. The molecule has 0 aromatic heterocycles. The van der Waals surface area contributed by atoms with Crippen molar-refractivity contribution in [3.05, 3.63) is 88.4 Å². The molecule has 0 saturated carbocycles. The van der Waals surface area contributed by atoms with Gasteiger partial charge < -0.3 is 15.0 Å². The van der Waals surface area contributed by atoms with Crippen LogP contribution in [0.2, 0.25) is 0 Å². The second-order valence-electron chi connectivity index (χ2n) is 9.87. The standard InChI is InChI=1S/C31H38BrN3O5S/c1-6-23(4)33-31(37)24(5)34(20-25-14-16-26(32)17-15-25)30(36)21-35(28-10-8-9-11-29(28)40-7-2)41(38,39)27-18-12-22(3)13-19-27/h8-19,23-24H,6-7,20-21H2,1-5H3,(H,33,37). The van der Waals surface area contributed by atoms with Gasteiger partial charge in [0.05, 0.1) is 17.2 Å². The van der Waals surface area contributed by atoms with Crippen molar-refractivity contribution >= 4 is 43.5 Å². The first-order valence-electron chi connectivity index (χ1n) is 13.6. The van der Waals surface area contributed by atoms with Crippen LogP contribution in [0.5, 0.6) is 5.75 Å². The van der Waals surface area contributed by atoms with Gasteiger partial charge in [0.2, 0.25) is 11.8 Å². The maximum Gasteiger partial charge on any atom is 0.264 e. The van der Waals surface area contributed by atoms with E-state index in [0.29, 0.717) is 12.4 Å². The van der Waals surface area contributed by atoms with Gasteiger partial charge in [-0.15, -0.1) is 0 Å². The smallest absolute Gasteiger partial charge is 0.264 e. The Kier molecular flexibility index (Phi) is 11.4. The number of benzene rings is 3. The fourth-order valence-electron chi connectivity index (χ4n) is 4.13. The first-order valence-corrected chi connectivity index (χ1v) is 15.9. The molecule has 3 rings (SSSR count). The number of rotatable bonds is 13. The van der Waals surface area contributed by atoms with Gasteiger partial charge in [-0.2, -0.15) is 0 Å². The number of nitrogens with zero attached hydrogens (tertiary/aromatic N) is 2. The van der Waals surface area contributed by atoms with E-state index in [1.54, 1.807) is 50.2 Å². The maximum absolute atomic E-state index is 14.1. The molecular weight excluding hydrogens is 606 g/mol. The first kappa shape index (κ1) is 32.1. The molecule has 0 spiro atoms. The summed E-state index contributed by atoms with van der Waals surface area (Å²) in [5.41, 5.74) is 1.94. The first-order chi connectivity index (χ1) is 19.5. The van der Waals surface area contributed by atoms with Crippen LogP contribution in [0.4, 0.5) is 5.69 Å². The minimum atomic E-state index is -4.19. The lowest BCUT2D eigenvalue weighted by molar-refractivity contribution is -0.139. The van der Waals surface area contributed by atoms with Gasteiger partial charge in [-0.1, -0.05) is 64.8 Å². The van der Waals surface area contributed by atoms with Crippen molar-refractivity contribution in [2.24, 2.45) is 0 Å². The average molecular weight is 645 g/mol. The molecule has 8 nitrogen and oxygen atoms in total. The predicted octanol–water partition coefficient (Wildman–Crippen LogP) is 5.68. The van der Waals surface area contributed by atoms with Gasteiger partial charge in [0.25, 0.3) is 10.0 Å². The Hall–Kier alpha value is -3.37. The Bertz CT molecular complexity index is 1430. The highest BCUT2D eigenvalue weighted by atomic mass is 79.9. The molecule has 0 fully saturated rings. The number of hydrogen-bond acceptors (Lipinski definition) is 5. The molecular formula is C31H38BrN3O5S. The van der Waals surface area contributed by atoms with Crippen LogP contribution in [0.25, 0.3) is 0 Å². The minimum Gasteiger partial charge on any atom is -0.492 e. The molecule has 0 aliphatic heterocycles. The monoisotopic (exact) mass is 643 g/mol. The van der Waals surface area contributed by atoms with E-state index in [-0.39, 0.29) is 29.1 Å². The lowest BCUT2D eigenvalue weighted by Crippen LogP contribution is -2.52. The van der Waals surface area contributed by atoms with Crippen LogP contribution in [-0.2, 0) is 26.2 Å². The summed E-state index contributed by atoms with van der Waals surface area (Å²) in [4.78, 5) is 28.7. The third kappa shape index (κ3) is 8.33. The Morgan fingerprint density at radius 2 is 1.59 bits per heavy atom. The van der Waals surface area contributed by atoms with E-state index >= 15 is 0 Å². The summed E-state index contributed by atoms with van der Waals surface area (Å²) in [7, 11) is -4.19. The Morgan fingerprint density at radius 3 is 2.20 bits per heavy atom. The number of nitrogens with one attached hydrogen (secondary N) is 1. The van der Waals surface area contributed by atoms with Crippen LogP contribution < -0.4 is 14.4 Å². The summed E-state index contributed by atoms with van der Waals surface area (Å²) >= 11 is 3.42. The molecule has 2 amide bonds. The molecule has 2 atom stereocenters. The Labute approximate surface area is 251 Å². The van der Waals surface area contributed by atoms with Gasteiger partial charge in [0.15, 0.2) is 0 Å². The number of halogens is 1. The van der Waals surface area contributed by atoms with Crippen molar-refractivity contribution in [3.63, 3.8) is 0 Å². The lowest BCUT2D eigenvalue weighted by Gasteiger charge is -2.33. The van der Waals surface area contributed by atoms with Crippen molar-refractivity contribution in [1.82, 2.24) is 10.2 Å². The third-order valence-corrected chi connectivity index (χ3v) is 9.06. The van der Waals surface area contributed by atoms with E-state index in [0.717, 1.165) is 26.3 Å². The summed E-state index contributed by atoms with van der Waals surface area (Å²) in [6.45, 7) is 9.08. The summed E-state index contributed by atoms with van der Waals surface area (Å²) in [6.07, 6.45) is 0.732. The second-order valence-corrected chi connectivity index (χ2v) is 12.6. The molecule has 0 radical (unpaired) electrons. The summed E-state index contributed by atoms with van der Waals surface area (Å²) in [5, 5.41) is 2.94. The number of hydrogen-bond donors (Lipinski definition) is 1. The van der Waals surface area contributed by atoms with Crippen LogP contribution in [-0.4, -0.2) is 50.4 Å².